The topological polar surface area (TPSA) is 26.3 Å². The van der Waals surface area contributed by atoms with E-state index >= 15 is 0 Å². The number of carbonyl (C=O) groups excluding carboxylic acids is 1. The predicted molar refractivity (Wildman–Crippen MR) is 50.2 cm³/mol. The molecule has 0 saturated heterocycles. The van der Waals surface area contributed by atoms with E-state index in [0.717, 1.165) is 18.6 Å². The van der Waals surface area contributed by atoms with Crippen molar-refractivity contribution in [2.24, 2.45) is 5.92 Å². The molecule has 2 aliphatic rings. The van der Waals surface area contributed by atoms with Crippen LogP contribution in [-0.2, 0) is 9.53 Å². The van der Waals surface area contributed by atoms with Crippen molar-refractivity contribution in [2.45, 2.75) is 45.1 Å². The summed E-state index contributed by atoms with van der Waals surface area (Å²) in [5, 5.41) is 0. The van der Waals surface area contributed by atoms with Crippen LogP contribution in [-0.4, -0.2) is 11.9 Å². The molecule has 1 aliphatic carbocycles. The molecule has 1 fully saturated rings. The quantitative estimate of drug-likeness (QED) is 0.619. The van der Waals surface area contributed by atoms with Crippen molar-refractivity contribution in [1.29, 1.82) is 0 Å². The van der Waals surface area contributed by atoms with Crippen LogP contribution in [0.3, 0.4) is 0 Å². The molecule has 0 aromatic carbocycles. The first-order valence-electron chi connectivity index (χ1n) is 5.16. The molecule has 0 N–H and O–H groups in total. The van der Waals surface area contributed by atoms with Gasteiger partial charge in [-0.05, 0) is 19.8 Å². The van der Waals surface area contributed by atoms with Gasteiger partial charge in [-0.1, -0.05) is 19.3 Å². The largest absolute Gasteiger partial charge is 0.487 e. The fourth-order valence-corrected chi connectivity index (χ4v) is 2.34. The normalized spacial score (nSPS) is 30.1. The van der Waals surface area contributed by atoms with E-state index < -0.39 is 0 Å². The van der Waals surface area contributed by atoms with Crippen molar-refractivity contribution in [3.63, 3.8) is 0 Å². The number of hydrogen-bond donors (Lipinski definition) is 0. The Balaban J connectivity index is 1.98. The fraction of sp³-hybridized carbons (Fsp3) is 0.727. The Morgan fingerprint density at radius 3 is 2.54 bits per heavy atom. The summed E-state index contributed by atoms with van der Waals surface area (Å²) in [6.07, 6.45) is 7.67. The number of carbonyl (C=O) groups is 1. The number of rotatable bonds is 1. The molecule has 2 heteroatoms. The summed E-state index contributed by atoms with van der Waals surface area (Å²) in [5.74, 6) is 1.46. The van der Waals surface area contributed by atoms with Gasteiger partial charge in [-0.2, -0.15) is 0 Å². The highest BCUT2D eigenvalue weighted by Crippen LogP contribution is 2.31. The highest BCUT2D eigenvalue weighted by Gasteiger charge is 2.33. The Hall–Kier alpha value is -0.790. The Labute approximate surface area is 79.0 Å². The first-order chi connectivity index (χ1) is 6.27. The SMILES string of the molecule is CC1=CC(=O)[C@@H](C2CCCCC2)O1. The van der Waals surface area contributed by atoms with Crippen LogP contribution in [0.25, 0.3) is 0 Å². The van der Waals surface area contributed by atoms with Crippen LogP contribution in [0.5, 0.6) is 0 Å². The number of hydrogen-bond acceptors (Lipinski definition) is 2. The van der Waals surface area contributed by atoms with E-state index in [1.54, 1.807) is 6.08 Å². The van der Waals surface area contributed by atoms with Gasteiger partial charge in [0.15, 0.2) is 11.9 Å². The molecular weight excluding hydrogens is 164 g/mol. The lowest BCUT2D eigenvalue weighted by Crippen LogP contribution is -2.28. The fourth-order valence-electron chi connectivity index (χ4n) is 2.34. The first kappa shape index (κ1) is 8.79. The predicted octanol–water partition coefficient (Wildman–Crippen LogP) is 2.44. The monoisotopic (exact) mass is 180 g/mol. The molecule has 1 atom stereocenters. The summed E-state index contributed by atoms with van der Waals surface area (Å²) in [7, 11) is 0. The lowest BCUT2D eigenvalue weighted by molar-refractivity contribution is -0.123. The van der Waals surface area contributed by atoms with Gasteiger partial charge in [0.1, 0.15) is 0 Å². The molecule has 2 nitrogen and oxygen atoms in total. The standard InChI is InChI=1S/C11H16O2/c1-8-7-10(12)11(13-8)9-5-3-2-4-6-9/h7,9,11H,2-6H2,1H3/t11-/m1/s1. The van der Waals surface area contributed by atoms with Crippen LogP contribution >= 0.6 is 0 Å². The minimum absolute atomic E-state index is 0.139. The molecule has 13 heavy (non-hydrogen) atoms. The highest BCUT2D eigenvalue weighted by atomic mass is 16.5. The van der Waals surface area contributed by atoms with Crippen LogP contribution in [0.1, 0.15) is 39.0 Å². The molecule has 0 unspecified atom stereocenters. The maximum absolute atomic E-state index is 11.5. The minimum atomic E-state index is -0.139. The molecule has 0 aromatic rings. The number of ether oxygens (including phenoxy) is 1. The molecule has 0 radical (unpaired) electrons. The smallest absolute Gasteiger partial charge is 0.199 e. The molecule has 0 aromatic heterocycles. The highest BCUT2D eigenvalue weighted by molar-refractivity contribution is 5.96. The summed E-state index contributed by atoms with van der Waals surface area (Å²) in [4.78, 5) is 11.5. The zero-order valence-corrected chi connectivity index (χ0v) is 8.08. The molecule has 0 bridgehead atoms. The Kier molecular flexibility index (Phi) is 2.38. The van der Waals surface area contributed by atoms with E-state index in [0.29, 0.717) is 5.92 Å². The zero-order chi connectivity index (χ0) is 9.26. The second-order valence-electron chi connectivity index (χ2n) is 4.09. The van der Waals surface area contributed by atoms with Crippen LogP contribution in [0, 0.1) is 5.92 Å². The van der Waals surface area contributed by atoms with Gasteiger partial charge in [-0.25, -0.2) is 0 Å². The van der Waals surface area contributed by atoms with E-state index in [2.05, 4.69) is 0 Å². The van der Waals surface area contributed by atoms with Crippen molar-refractivity contribution in [1.82, 2.24) is 0 Å². The van der Waals surface area contributed by atoms with Crippen molar-refractivity contribution in [3.05, 3.63) is 11.8 Å². The van der Waals surface area contributed by atoms with Gasteiger partial charge in [0.25, 0.3) is 0 Å². The average molecular weight is 180 g/mol. The second-order valence-corrected chi connectivity index (χ2v) is 4.09. The van der Waals surface area contributed by atoms with Crippen LogP contribution in [0.15, 0.2) is 11.8 Å². The molecule has 1 saturated carbocycles. The van der Waals surface area contributed by atoms with Crippen LogP contribution in [0.4, 0.5) is 0 Å². The van der Waals surface area contributed by atoms with E-state index in [4.69, 9.17) is 4.74 Å². The summed E-state index contributed by atoms with van der Waals surface area (Å²) >= 11 is 0. The van der Waals surface area contributed by atoms with Crippen molar-refractivity contribution in [3.8, 4) is 0 Å². The van der Waals surface area contributed by atoms with E-state index in [9.17, 15) is 4.79 Å². The van der Waals surface area contributed by atoms with E-state index in [1.807, 2.05) is 6.92 Å². The third kappa shape index (κ3) is 1.77. The van der Waals surface area contributed by atoms with Crippen LogP contribution in [0.2, 0.25) is 0 Å². The molecule has 1 heterocycles. The summed E-state index contributed by atoms with van der Waals surface area (Å²) in [6.45, 7) is 1.86. The molecule has 72 valence electrons. The summed E-state index contributed by atoms with van der Waals surface area (Å²) < 4.78 is 5.52. The summed E-state index contributed by atoms with van der Waals surface area (Å²) in [5.41, 5.74) is 0. The Morgan fingerprint density at radius 2 is 2.00 bits per heavy atom. The zero-order valence-electron chi connectivity index (χ0n) is 8.08. The molecule has 1 aliphatic heterocycles. The van der Waals surface area contributed by atoms with Crippen molar-refractivity contribution >= 4 is 5.78 Å². The Bertz CT molecular complexity index is 236. The maximum Gasteiger partial charge on any atom is 0.199 e. The first-order valence-corrected chi connectivity index (χ1v) is 5.16. The molecule has 0 amide bonds. The lowest BCUT2D eigenvalue weighted by Gasteiger charge is -2.26. The Morgan fingerprint density at radius 1 is 1.31 bits per heavy atom. The van der Waals surface area contributed by atoms with Gasteiger partial charge in [-0.3, -0.25) is 4.79 Å². The van der Waals surface area contributed by atoms with Gasteiger partial charge in [0, 0.05) is 12.0 Å². The van der Waals surface area contributed by atoms with Crippen molar-refractivity contribution < 1.29 is 9.53 Å². The molecule has 0 spiro atoms. The van der Waals surface area contributed by atoms with E-state index in [-0.39, 0.29) is 11.9 Å². The number of allylic oxidation sites excluding steroid dienone is 1. The minimum Gasteiger partial charge on any atom is -0.487 e. The maximum atomic E-state index is 11.5. The van der Waals surface area contributed by atoms with Crippen LogP contribution < -0.4 is 0 Å². The third-order valence-corrected chi connectivity index (χ3v) is 3.02. The van der Waals surface area contributed by atoms with Crippen molar-refractivity contribution in [2.75, 3.05) is 0 Å². The van der Waals surface area contributed by atoms with Gasteiger partial charge in [0.05, 0.1) is 5.76 Å². The van der Waals surface area contributed by atoms with Gasteiger partial charge in [-0.15, -0.1) is 0 Å². The molecule has 2 rings (SSSR count). The molecular formula is C11H16O2. The van der Waals surface area contributed by atoms with E-state index in [1.165, 1.54) is 19.3 Å². The van der Waals surface area contributed by atoms with Gasteiger partial charge in [0.2, 0.25) is 0 Å². The number of ketones is 1. The summed E-state index contributed by atoms with van der Waals surface area (Å²) in [6, 6.07) is 0. The van der Waals surface area contributed by atoms with Gasteiger partial charge < -0.3 is 4.74 Å². The average Bonchev–Trinajstić information content (AvgIpc) is 2.47. The lowest BCUT2D eigenvalue weighted by atomic mass is 9.84. The second kappa shape index (κ2) is 3.52. The third-order valence-electron chi connectivity index (χ3n) is 3.02. The van der Waals surface area contributed by atoms with Gasteiger partial charge >= 0.3 is 0 Å².